The molecule has 812 valence electrons. The maximum Gasteiger partial charge on any atom is 0.408 e. The van der Waals surface area contributed by atoms with E-state index < -0.39 is 159 Å². The zero-order chi connectivity index (χ0) is 113. The smallest absolute Gasteiger partial charge is 0.408 e. The van der Waals surface area contributed by atoms with Crippen LogP contribution in [0.25, 0.3) is 0 Å². The summed E-state index contributed by atoms with van der Waals surface area (Å²) in [5, 5.41) is 37.8. The molecule has 0 aliphatic rings. The van der Waals surface area contributed by atoms with Gasteiger partial charge < -0.3 is 121 Å². The lowest BCUT2D eigenvalue weighted by atomic mass is 10.0. The Labute approximate surface area is 836 Å². The summed E-state index contributed by atoms with van der Waals surface area (Å²) in [7, 11) is 0. The number of carbonyl (C=O) groups is 14. The monoisotopic (exact) mass is 2020 g/mol. The van der Waals surface area contributed by atoms with E-state index in [0.717, 1.165) is 0 Å². The predicted octanol–water partition coefficient (Wildman–Crippen LogP) is 12.7. The van der Waals surface area contributed by atoms with E-state index >= 15 is 0 Å². The van der Waals surface area contributed by atoms with Gasteiger partial charge in [-0.2, -0.15) is 0 Å². The summed E-state index contributed by atoms with van der Waals surface area (Å²) in [5.41, 5.74) is 13.1. The Bertz CT molecular complexity index is 4570. The molecule has 3 aromatic heterocycles. The van der Waals surface area contributed by atoms with Crippen molar-refractivity contribution in [3.63, 3.8) is 0 Å². The van der Waals surface area contributed by atoms with Gasteiger partial charge in [-0.3, -0.25) is 54.6 Å². The zero-order valence-electron chi connectivity index (χ0n) is 91.6. The number of esters is 5. The van der Waals surface area contributed by atoms with Crippen molar-refractivity contribution >= 4 is 102 Å². The van der Waals surface area contributed by atoms with Crippen LogP contribution in [0.5, 0.6) is 0 Å². The fraction of sp³-hybridized carbons (Fsp3) is 0.698. The van der Waals surface area contributed by atoms with Crippen LogP contribution in [0.15, 0.2) is 26.6 Å². The average Bonchev–Trinajstić information content (AvgIpc) is 0.823. The summed E-state index contributed by atoms with van der Waals surface area (Å²) < 4.78 is 53.9. The highest BCUT2D eigenvalue weighted by atomic mass is 16.6. The summed E-state index contributed by atoms with van der Waals surface area (Å²) in [6.07, 6.45) is -1.51. The van der Waals surface area contributed by atoms with Gasteiger partial charge in [-0.1, -0.05) is 83.1 Å². The lowest BCUT2D eigenvalue weighted by Gasteiger charge is -2.25. The number of alkyl carbamates (subject to hydrolysis) is 6. The highest BCUT2D eigenvalue weighted by molar-refractivity contribution is 6.37. The predicted molar refractivity (Wildman–Crippen MR) is 537 cm³/mol. The molecule has 0 aromatic carbocycles. The molecule has 0 aliphatic heterocycles. The Morgan fingerprint density at radius 3 is 0.923 bits per heavy atom. The Hall–Kier alpha value is -13.0. The molecular formula is C96H170N18O28. The molecule has 0 saturated heterocycles. The number of ether oxygens (including phenoxy) is 11. The van der Waals surface area contributed by atoms with Crippen LogP contribution in [-0.4, -0.2) is 216 Å². The van der Waals surface area contributed by atoms with Crippen molar-refractivity contribution in [1.82, 2.24) is 61.8 Å². The first-order valence-corrected chi connectivity index (χ1v) is 46.5. The number of aldehydes is 1. The van der Waals surface area contributed by atoms with Gasteiger partial charge in [-0.05, 0) is 236 Å². The second-order valence-electron chi connectivity index (χ2n) is 39.5. The normalized spacial score (nSPS) is 12.7. The third kappa shape index (κ3) is 67.4. The van der Waals surface area contributed by atoms with Crippen LogP contribution in [0, 0.1) is 84.3 Å². The summed E-state index contributed by atoms with van der Waals surface area (Å²) >= 11 is 0. The maximum absolute atomic E-state index is 12.2. The van der Waals surface area contributed by atoms with Gasteiger partial charge in [0.15, 0.2) is 5.69 Å². The number of nitrogens with zero attached hydrogens (tertiary/aromatic N) is 3. The van der Waals surface area contributed by atoms with Crippen LogP contribution in [0.4, 0.5) is 28.8 Å². The molecule has 3 heterocycles. The second-order valence-corrected chi connectivity index (χ2v) is 39.5. The van der Waals surface area contributed by atoms with Crippen LogP contribution < -0.4 is 65.8 Å². The van der Waals surface area contributed by atoms with Crippen LogP contribution in [0.1, 0.15) is 332 Å². The molecule has 3 aromatic rings. The molecular weight excluding hydrogens is 1850 g/mol. The summed E-state index contributed by atoms with van der Waals surface area (Å²) in [4.78, 5) is 212. The summed E-state index contributed by atoms with van der Waals surface area (Å²) in [5.74, 6) is -4.89. The van der Waals surface area contributed by atoms with Gasteiger partial charge >= 0.3 is 66.4 Å². The van der Waals surface area contributed by atoms with E-state index in [-0.39, 0.29) is 113 Å². The number of aromatic nitrogens is 6. The molecule has 8 unspecified atom stereocenters. The third-order valence-electron chi connectivity index (χ3n) is 17.0. The lowest BCUT2D eigenvalue weighted by Crippen LogP contribution is -2.48. The number of H-pyrrole nitrogens is 3. The topological polar surface area (TPSA) is 700 Å². The largest absolute Gasteiger partial charge is 0.466 e. The van der Waals surface area contributed by atoms with Crippen molar-refractivity contribution in [3.8, 4) is 0 Å². The van der Waals surface area contributed by atoms with Crippen LogP contribution in [0.2, 0.25) is 0 Å². The molecule has 3 rings (SSSR count). The first-order valence-electron chi connectivity index (χ1n) is 46.5. The number of nitrogens with one attached hydrogen (secondary N) is 12. The van der Waals surface area contributed by atoms with Crippen molar-refractivity contribution < 1.29 is 119 Å². The molecule has 0 fully saturated rings. The molecule has 0 aliphatic carbocycles. The van der Waals surface area contributed by atoms with Gasteiger partial charge in [0.1, 0.15) is 98.9 Å². The first kappa shape index (κ1) is 140. The number of nitrogens with two attached hydrogens (primary N) is 3. The van der Waals surface area contributed by atoms with E-state index in [2.05, 4.69) is 80.8 Å². The van der Waals surface area contributed by atoms with E-state index in [4.69, 9.17) is 66.6 Å². The number of hydrogen-bond acceptors (Lipinski definition) is 34. The van der Waals surface area contributed by atoms with Crippen LogP contribution >= 0.6 is 0 Å². The maximum atomic E-state index is 12.2. The molecule has 0 radical (unpaired) electrons. The number of aromatic amines is 3. The molecule has 0 spiro atoms. The lowest BCUT2D eigenvalue weighted by molar-refractivity contribution is -0.161. The number of ketones is 2. The Kier molecular flexibility index (Phi) is 66.4. The van der Waals surface area contributed by atoms with Crippen molar-refractivity contribution in [2.24, 2.45) is 64.5 Å². The van der Waals surface area contributed by atoms with Gasteiger partial charge in [0.05, 0.1) is 69.3 Å². The van der Waals surface area contributed by atoms with Gasteiger partial charge in [0.25, 0.3) is 22.5 Å². The van der Waals surface area contributed by atoms with Gasteiger partial charge in [-0.15, -0.1) is 0 Å². The number of rotatable bonds is 31. The molecule has 6 amide bonds. The Morgan fingerprint density at radius 1 is 0.387 bits per heavy atom. The van der Waals surface area contributed by atoms with Gasteiger partial charge in [0.2, 0.25) is 0 Å². The number of carbonyl (C=O) groups excluding carboxylic acids is 14. The van der Waals surface area contributed by atoms with E-state index in [1.54, 1.807) is 180 Å². The van der Waals surface area contributed by atoms with E-state index in [0.29, 0.717) is 42.4 Å². The third-order valence-corrected chi connectivity index (χ3v) is 17.0. The Balaban J connectivity index is -0.000000372. The van der Waals surface area contributed by atoms with E-state index in [1.165, 1.54) is 33.0 Å². The Morgan fingerprint density at radius 2 is 0.669 bits per heavy atom. The first-order chi connectivity index (χ1) is 64.5. The van der Waals surface area contributed by atoms with Crippen LogP contribution in [0.3, 0.4) is 0 Å². The average molecular weight is 2020 g/mol. The molecule has 8 atom stereocenters. The van der Waals surface area contributed by atoms with Crippen LogP contribution in [-0.2, 0) is 85.7 Å². The summed E-state index contributed by atoms with van der Waals surface area (Å²) in [6, 6.07) is -1.53. The number of amides is 6. The minimum Gasteiger partial charge on any atom is -0.466 e. The van der Waals surface area contributed by atoms with Crippen molar-refractivity contribution in [1.29, 1.82) is 16.2 Å². The van der Waals surface area contributed by atoms with Crippen molar-refractivity contribution in [3.05, 3.63) is 83.3 Å². The number of Topliss-reactive ketones (excluding diaryl/α,β-unsaturated/α-hetero) is 2. The quantitative estimate of drug-likeness (QED) is 0.00541. The highest BCUT2D eigenvalue weighted by Gasteiger charge is 2.34. The molecule has 46 nitrogen and oxygen atoms in total. The summed E-state index contributed by atoms with van der Waals surface area (Å²) in [6.45, 7) is 73.4. The molecule has 0 saturated carbocycles. The number of aryl methyl sites for hydroxylation is 1. The minimum atomic E-state index is -1.09. The van der Waals surface area contributed by atoms with Crippen molar-refractivity contribution in [2.45, 2.75) is 360 Å². The van der Waals surface area contributed by atoms with Crippen molar-refractivity contribution in [2.75, 3.05) is 33.0 Å². The van der Waals surface area contributed by atoms with E-state index in [1.807, 2.05) is 83.1 Å². The molecule has 142 heavy (non-hydrogen) atoms. The van der Waals surface area contributed by atoms with E-state index in [9.17, 15) is 81.5 Å². The minimum absolute atomic E-state index is 0.0581. The van der Waals surface area contributed by atoms with Gasteiger partial charge in [-0.25, -0.2) is 53.3 Å². The molecule has 0 bridgehead atoms. The second kappa shape index (κ2) is 67.4. The number of amidine groups is 3. The fourth-order valence-corrected chi connectivity index (χ4v) is 10.00. The number of hydrogen-bond donors (Lipinski definition) is 15. The van der Waals surface area contributed by atoms with Gasteiger partial charge in [0, 0.05) is 29.1 Å². The zero-order valence-corrected chi connectivity index (χ0v) is 91.6. The SMILES string of the molecule is CC(C)C(NC(=O)OC(C)(C)C)C(=N)N.CC(C)C(NC(=O)OC(C)(C)C)C(=N)N.CC(C)C(NC(=O)OC(C)(C)C)C(=N)N.CC(C)C(NC(=O)OC(C)(C)C)c1nccc(=O)[nH]1.CCOC(=O)C(=O)C(C)C(=O)OCC.CCOC(=O)C(C)C(C)=O.CCOC(=O)CC=O.CCOC(=O)c1nc(C(NC(=O)OC(C)(C)C)C(C)C)[nH]c(=O)c1C.Cc1nc(C(NC(=O)OC(C)(C)C)C(C)C)[nH]c(=O)c1C. The fourth-order valence-electron chi connectivity index (χ4n) is 10.00. The standard InChI is InChI=1S/C17H27N3O5.C15H25N3O3.C13H21N3O3.3C10H21N3O2.C9H14O5.C7H12O3.C5H8O3/c1-8-24-15(22)12-10(4)14(21)20-13(18-12)11(9(2)3)19-16(23)25-17(5,6)7;1-8(2)11(17-14(20)21-15(5,6)7)12-16-10(4)9(3)13(19)18-12;1-8(2)10(11-14-7-6-9(17)15-11)16-12(18)19-13(3,4)5;3*1-6(2)7(8(11)12)13-9(14)15-10(3,4)5;1-4-13-8(11)6(3)7(10)9(12)14-5-2;1-4-10-7(9)5(2)6(3)8;1-2-8-5(7)3-4-6/h9,11H,8H2,1-7H3,(H,19,23)(H,18,20,21);8,11H,1-7H3,(H,17,20)(H,16,18,19);6-8,10H,1-5H3,(H,16,18)(H,14,15,17);3*6-7H,1-5H3,(H3,11,12)(H,13,14);6H,4-5H2,1-3H3;5H,4H2,1-3H3;4H,2-3H2,1H3. The highest BCUT2D eigenvalue weighted by Crippen LogP contribution is 2.24. The molecule has 18 N–H and O–H groups in total. The molecule has 46 heteroatoms.